The zero-order valence-corrected chi connectivity index (χ0v) is 11.6. The van der Waals surface area contributed by atoms with Crippen molar-refractivity contribution >= 4 is 12.0 Å². The number of amides is 2. The largest absolute Gasteiger partial charge is 0.479 e. The van der Waals surface area contributed by atoms with Gasteiger partial charge >= 0.3 is 12.0 Å². The molecule has 1 aliphatic heterocycles. The first kappa shape index (κ1) is 15.2. The standard InChI is InChI=1S/C14H19N3O4/c18-13(19)12-4-3-11(21-12)9-17-14(20)16-7-5-10-2-1-6-15-8-10/h1-2,6,8,11-12H,3-5,7,9H2,(H,18,19)(H2,16,17,20). The zero-order chi connectivity index (χ0) is 15.1. The summed E-state index contributed by atoms with van der Waals surface area (Å²) < 4.78 is 5.30. The monoisotopic (exact) mass is 293 g/mol. The Balaban J connectivity index is 1.59. The van der Waals surface area contributed by atoms with E-state index in [9.17, 15) is 9.59 Å². The highest BCUT2D eigenvalue weighted by molar-refractivity contribution is 5.74. The molecule has 3 N–H and O–H groups in total. The highest BCUT2D eigenvalue weighted by atomic mass is 16.5. The van der Waals surface area contributed by atoms with Crippen molar-refractivity contribution < 1.29 is 19.4 Å². The van der Waals surface area contributed by atoms with E-state index in [1.54, 1.807) is 12.4 Å². The summed E-state index contributed by atoms with van der Waals surface area (Å²) in [6.07, 6.45) is 4.34. The van der Waals surface area contributed by atoms with Crippen molar-refractivity contribution in [3.8, 4) is 0 Å². The van der Waals surface area contributed by atoms with Crippen molar-refractivity contribution in [2.75, 3.05) is 13.1 Å². The van der Waals surface area contributed by atoms with Crippen molar-refractivity contribution in [2.24, 2.45) is 0 Å². The van der Waals surface area contributed by atoms with Crippen molar-refractivity contribution in [1.82, 2.24) is 15.6 Å². The first-order chi connectivity index (χ1) is 10.1. The van der Waals surface area contributed by atoms with E-state index in [1.165, 1.54) is 0 Å². The number of pyridine rings is 1. The van der Waals surface area contributed by atoms with Crippen LogP contribution in [0.3, 0.4) is 0 Å². The van der Waals surface area contributed by atoms with Crippen LogP contribution in [0.15, 0.2) is 24.5 Å². The fraction of sp³-hybridized carbons (Fsp3) is 0.500. The van der Waals surface area contributed by atoms with Crippen LogP contribution in [0.5, 0.6) is 0 Å². The second-order valence-corrected chi connectivity index (χ2v) is 4.91. The first-order valence-corrected chi connectivity index (χ1v) is 6.94. The maximum absolute atomic E-state index is 11.6. The number of nitrogens with one attached hydrogen (secondary N) is 2. The minimum Gasteiger partial charge on any atom is -0.479 e. The highest BCUT2D eigenvalue weighted by Gasteiger charge is 2.30. The van der Waals surface area contributed by atoms with Gasteiger partial charge in [-0.05, 0) is 30.9 Å². The van der Waals surface area contributed by atoms with Gasteiger partial charge in [-0.2, -0.15) is 0 Å². The number of carboxylic acids is 1. The van der Waals surface area contributed by atoms with Crippen LogP contribution in [-0.4, -0.2) is 47.4 Å². The summed E-state index contributed by atoms with van der Waals surface area (Å²) >= 11 is 0. The fourth-order valence-electron chi connectivity index (χ4n) is 2.17. The van der Waals surface area contributed by atoms with Gasteiger partial charge in [0.25, 0.3) is 0 Å². The third kappa shape index (κ3) is 5.03. The maximum Gasteiger partial charge on any atom is 0.332 e. The van der Waals surface area contributed by atoms with Crippen LogP contribution in [0.4, 0.5) is 4.79 Å². The molecule has 2 unspecified atom stereocenters. The third-order valence-corrected chi connectivity index (χ3v) is 3.30. The molecule has 21 heavy (non-hydrogen) atoms. The van der Waals surface area contributed by atoms with Crippen LogP contribution in [0.25, 0.3) is 0 Å². The molecule has 0 radical (unpaired) electrons. The van der Waals surface area contributed by atoms with Crippen molar-refractivity contribution in [1.29, 1.82) is 0 Å². The van der Waals surface area contributed by atoms with Gasteiger partial charge in [-0.1, -0.05) is 6.07 Å². The molecule has 0 aromatic carbocycles. The van der Waals surface area contributed by atoms with E-state index in [0.29, 0.717) is 32.4 Å². The molecule has 7 heteroatoms. The Morgan fingerprint density at radius 1 is 1.38 bits per heavy atom. The first-order valence-electron chi connectivity index (χ1n) is 6.94. The average Bonchev–Trinajstić information content (AvgIpc) is 2.95. The van der Waals surface area contributed by atoms with E-state index < -0.39 is 12.1 Å². The Kier molecular flexibility index (Phi) is 5.51. The average molecular weight is 293 g/mol. The molecule has 0 spiro atoms. The molecule has 1 aromatic heterocycles. The maximum atomic E-state index is 11.6. The van der Waals surface area contributed by atoms with E-state index in [2.05, 4.69) is 15.6 Å². The van der Waals surface area contributed by atoms with Crippen molar-refractivity contribution in [3.63, 3.8) is 0 Å². The third-order valence-electron chi connectivity index (χ3n) is 3.30. The number of hydrogen-bond acceptors (Lipinski definition) is 4. The molecule has 2 rings (SSSR count). The van der Waals surface area contributed by atoms with Gasteiger partial charge in [0.15, 0.2) is 6.10 Å². The van der Waals surface area contributed by atoms with Gasteiger partial charge in [0.1, 0.15) is 0 Å². The molecular formula is C14H19N3O4. The SMILES string of the molecule is O=C(NCCc1cccnc1)NCC1CCC(C(=O)O)O1. The molecule has 114 valence electrons. The van der Waals surface area contributed by atoms with E-state index in [1.807, 2.05) is 12.1 Å². The Bertz CT molecular complexity index is 480. The number of carbonyl (C=O) groups excluding carboxylic acids is 1. The second kappa shape index (κ2) is 7.58. The fourth-order valence-corrected chi connectivity index (χ4v) is 2.17. The molecule has 1 aromatic rings. The van der Waals surface area contributed by atoms with Crippen LogP contribution < -0.4 is 10.6 Å². The number of aliphatic carboxylic acids is 1. The number of aromatic nitrogens is 1. The Morgan fingerprint density at radius 2 is 2.24 bits per heavy atom. The Labute approximate surface area is 122 Å². The number of urea groups is 1. The highest BCUT2D eigenvalue weighted by Crippen LogP contribution is 2.19. The molecule has 0 aliphatic carbocycles. The van der Waals surface area contributed by atoms with Crippen LogP contribution in [-0.2, 0) is 16.0 Å². The molecular weight excluding hydrogens is 274 g/mol. The predicted octanol–water partition coefficient (Wildman–Crippen LogP) is 0.555. The quantitative estimate of drug-likeness (QED) is 0.711. The van der Waals surface area contributed by atoms with Crippen molar-refractivity contribution in [2.45, 2.75) is 31.5 Å². The van der Waals surface area contributed by atoms with Gasteiger partial charge in [0, 0.05) is 25.5 Å². The molecule has 1 fully saturated rings. The number of hydrogen-bond donors (Lipinski definition) is 3. The summed E-state index contributed by atoms with van der Waals surface area (Å²) in [5, 5.41) is 14.2. The Hall–Kier alpha value is -2.15. The Morgan fingerprint density at radius 3 is 2.90 bits per heavy atom. The normalized spacial score (nSPS) is 21.0. The molecule has 2 amide bonds. The van der Waals surface area contributed by atoms with Crippen LogP contribution in [0.1, 0.15) is 18.4 Å². The van der Waals surface area contributed by atoms with Gasteiger partial charge in [-0.3, -0.25) is 4.98 Å². The number of ether oxygens (including phenoxy) is 1. The van der Waals surface area contributed by atoms with E-state index in [-0.39, 0.29) is 12.1 Å². The second-order valence-electron chi connectivity index (χ2n) is 4.91. The molecule has 2 heterocycles. The smallest absolute Gasteiger partial charge is 0.332 e. The summed E-state index contributed by atoms with van der Waals surface area (Å²) in [6, 6.07) is 3.53. The van der Waals surface area contributed by atoms with Gasteiger partial charge in [-0.25, -0.2) is 9.59 Å². The zero-order valence-electron chi connectivity index (χ0n) is 11.6. The van der Waals surface area contributed by atoms with E-state index in [4.69, 9.17) is 9.84 Å². The summed E-state index contributed by atoms with van der Waals surface area (Å²) in [5.41, 5.74) is 1.06. The summed E-state index contributed by atoms with van der Waals surface area (Å²) in [4.78, 5) is 26.3. The number of carboxylic acid groups (broad SMARTS) is 1. The number of carbonyl (C=O) groups is 2. The van der Waals surface area contributed by atoms with Gasteiger partial charge in [0.2, 0.25) is 0 Å². The number of nitrogens with zero attached hydrogens (tertiary/aromatic N) is 1. The minimum absolute atomic E-state index is 0.227. The molecule has 1 aliphatic rings. The van der Waals surface area contributed by atoms with Gasteiger partial charge in [0.05, 0.1) is 6.10 Å². The van der Waals surface area contributed by atoms with Crippen LogP contribution in [0.2, 0.25) is 0 Å². The summed E-state index contributed by atoms with van der Waals surface area (Å²) in [6.45, 7) is 0.837. The molecule has 1 saturated heterocycles. The van der Waals surface area contributed by atoms with Gasteiger partial charge < -0.3 is 20.5 Å². The van der Waals surface area contributed by atoms with E-state index >= 15 is 0 Å². The predicted molar refractivity (Wildman–Crippen MR) is 74.9 cm³/mol. The van der Waals surface area contributed by atoms with E-state index in [0.717, 1.165) is 5.56 Å². The lowest BCUT2D eigenvalue weighted by Crippen LogP contribution is -2.40. The molecule has 7 nitrogen and oxygen atoms in total. The minimum atomic E-state index is -0.946. The topological polar surface area (TPSA) is 101 Å². The van der Waals surface area contributed by atoms with Crippen LogP contribution in [0, 0.1) is 0 Å². The van der Waals surface area contributed by atoms with Gasteiger partial charge in [-0.15, -0.1) is 0 Å². The molecule has 2 atom stereocenters. The lowest BCUT2D eigenvalue weighted by molar-refractivity contribution is -0.149. The molecule has 0 bridgehead atoms. The summed E-state index contributed by atoms with van der Waals surface area (Å²) in [7, 11) is 0. The molecule has 0 saturated carbocycles. The lowest BCUT2D eigenvalue weighted by atomic mass is 10.2. The number of rotatable bonds is 6. The van der Waals surface area contributed by atoms with Crippen LogP contribution >= 0.6 is 0 Å². The lowest BCUT2D eigenvalue weighted by Gasteiger charge is -2.13. The van der Waals surface area contributed by atoms with Crippen molar-refractivity contribution in [3.05, 3.63) is 30.1 Å². The summed E-state index contributed by atoms with van der Waals surface area (Å²) in [5.74, 6) is -0.946.